The molecule has 0 spiro atoms. The molecule has 0 saturated carbocycles. The molecule has 7 heteroatoms. The number of furan rings is 1. The third-order valence-electron chi connectivity index (χ3n) is 5.50. The molecule has 3 heterocycles. The number of fused-ring (bicyclic) bond motifs is 3. The summed E-state index contributed by atoms with van der Waals surface area (Å²) in [6.07, 6.45) is 1.44. The minimum atomic E-state index is -0.504. The van der Waals surface area contributed by atoms with Crippen LogP contribution in [0.15, 0.2) is 58.3 Å². The van der Waals surface area contributed by atoms with Gasteiger partial charge in [0.25, 0.3) is 5.91 Å². The van der Waals surface area contributed by atoms with Crippen molar-refractivity contribution in [3.05, 3.63) is 58.8 Å². The second-order valence-electron chi connectivity index (χ2n) is 7.27. The highest BCUT2D eigenvalue weighted by atomic mass is 32.1. The quantitative estimate of drug-likeness (QED) is 0.510. The second-order valence-corrected chi connectivity index (χ2v) is 8.22. The lowest BCUT2D eigenvalue weighted by Gasteiger charge is -2.23. The van der Waals surface area contributed by atoms with Crippen LogP contribution in [0.1, 0.15) is 22.5 Å². The lowest BCUT2D eigenvalue weighted by Crippen LogP contribution is -2.43. The number of anilines is 1. The fourth-order valence-corrected chi connectivity index (χ4v) is 4.74. The van der Waals surface area contributed by atoms with Crippen LogP contribution in [0, 0.1) is 0 Å². The number of nitrogens with one attached hydrogen (secondary N) is 1. The molecule has 2 aromatic heterocycles. The highest BCUT2D eigenvalue weighted by Crippen LogP contribution is 2.36. The average molecular weight is 420 g/mol. The van der Waals surface area contributed by atoms with Crippen molar-refractivity contribution in [2.45, 2.75) is 18.9 Å². The van der Waals surface area contributed by atoms with Crippen molar-refractivity contribution in [1.29, 1.82) is 0 Å². The summed E-state index contributed by atoms with van der Waals surface area (Å²) in [5.41, 5.74) is 1.98. The summed E-state index contributed by atoms with van der Waals surface area (Å²) < 4.78 is 11.5. The summed E-state index contributed by atoms with van der Waals surface area (Å²) >= 11 is 1.39. The summed E-state index contributed by atoms with van der Waals surface area (Å²) in [5.74, 6) is 0.241. The summed E-state index contributed by atoms with van der Waals surface area (Å²) in [5, 5.41) is 6.74. The topological polar surface area (TPSA) is 71.8 Å². The van der Waals surface area contributed by atoms with E-state index in [9.17, 15) is 9.59 Å². The Hall–Kier alpha value is -3.32. The molecular formula is C23H20N2O4S. The van der Waals surface area contributed by atoms with Gasteiger partial charge >= 0.3 is 0 Å². The van der Waals surface area contributed by atoms with Crippen molar-refractivity contribution in [3.63, 3.8) is 0 Å². The molecule has 6 nitrogen and oxygen atoms in total. The molecule has 2 amide bonds. The predicted molar refractivity (Wildman–Crippen MR) is 117 cm³/mol. The number of carbonyl (C=O) groups excluding carboxylic acids is 2. The first-order valence-corrected chi connectivity index (χ1v) is 10.7. The zero-order valence-electron chi connectivity index (χ0n) is 16.4. The van der Waals surface area contributed by atoms with Gasteiger partial charge in [-0.1, -0.05) is 24.3 Å². The van der Waals surface area contributed by atoms with E-state index in [0.717, 1.165) is 22.8 Å². The molecule has 0 bridgehead atoms. The molecule has 5 rings (SSSR count). The van der Waals surface area contributed by atoms with E-state index in [1.54, 1.807) is 24.1 Å². The minimum Gasteiger partial charge on any atom is -0.495 e. The van der Waals surface area contributed by atoms with Crippen LogP contribution < -0.4 is 10.1 Å². The second kappa shape index (κ2) is 7.50. The van der Waals surface area contributed by atoms with Crippen LogP contribution in [0.25, 0.3) is 21.9 Å². The van der Waals surface area contributed by atoms with Crippen LogP contribution in [0.2, 0.25) is 0 Å². The van der Waals surface area contributed by atoms with Crippen molar-refractivity contribution in [3.8, 4) is 5.75 Å². The number of amides is 2. The molecule has 1 atom stereocenters. The van der Waals surface area contributed by atoms with Crippen LogP contribution in [0.3, 0.4) is 0 Å². The molecular weight excluding hydrogens is 400 g/mol. The Kier molecular flexibility index (Phi) is 4.67. The molecule has 152 valence electrons. The van der Waals surface area contributed by atoms with Crippen LogP contribution in [-0.2, 0) is 4.79 Å². The Bertz CT molecular complexity index is 1250. The van der Waals surface area contributed by atoms with Gasteiger partial charge in [0.2, 0.25) is 5.91 Å². The summed E-state index contributed by atoms with van der Waals surface area (Å²) in [6.45, 7) is 0.578. The first-order chi connectivity index (χ1) is 14.7. The van der Waals surface area contributed by atoms with Gasteiger partial charge < -0.3 is 19.4 Å². The van der Waals surface area contributed by atoms with E-state index >= 15 is 0 Å². The van der Waals surface area contributed by atoms with Gasteiger partial charge in [-0.3, -0.25) is 9.59 Å². The number of benzene rings is 2. The number of hydrogen-bond acceptors (Lipinski definition) is 5. The molecule has 1 aliphatic rings. The molecule has 1 fully saturated rings. The Morgan fingerprint density at radius 2 is 2.00 bits per heavy atom. The molecule has 1 saturated heterocycles. The predicted octanol–water partition coefficient (Wildman–Crippen LogP) is 4.90. The maximum absolute atomic E-state index is 13.1. The highest BCUT2D eigenvalue weighted by Gasteiger charge is 2.35. The monoisotopic (exact) mass is 420 g/mol. The van der Waals surface area contributed by atoms with Crippen molar-refractivity contribution >= 4 is 50.8 Å². The van der Waals surface area contributed by atoms with Gasteiger partial charge in [0.15, 0.2) is 0 Å². The van der Waals surface area contributed by atoms with Gasteiger partial charge in [0, 0.05) is 23.4 Å². The van der Waals surface area contributed by atoms with Crippen LogP contribution in [0.5, 0.6) is 5.75 Å². The number of carbonyl (C=O) groups is 2. The van der Waals surface area contributed by atoms with Gasteiger partial charge in [-0.2, -0.15) is 0 Å². The Morgan fingerprint density at radius 1 is 1.13 bits per heavy atom. The molecule has 2 aromatic carbocycles. The molecule has 30 heavy (non-hydrogen) atoms. The zero-order chi connectivity index (χ0) is 20.7. The van der Waals surface area contributed by atoms with Crippen molar-refractivity contribution in [2.75, 3.05) is 19.0 Å². The summed E-state index contributed by atoms with van der Waals surface area (Å²) in [6, 6.07) is 14.6. The van der Waals surface area contributed by atoms with E-state index in [4.69, 9.17) is 9.15 Å². The van der Waals surface area contributed by atoms with E-state index in [2.05, 4.69) is 5.32 Å². The SMILES string of the molecule is COc1cc2c(cc1NC(=O)[C@H]1CCCN1C(=O)c1cccs1)oc1ccccc12. The average Bonchev–Trinajstić information content (AvgIpc) is 3.52. The lowest BCUT2D eigenvalue weighted by molar-refractivity contribution is -0.119. The minimum absolute atomic E-state index is 0.0950. The number of hydrogen-bond donors (Lipinski definition) is 1. The molecule has 0 unspecified atom stereocenters. The van der Waals surface area contributed by atoms with Crippen molar-refractivity contribution in [2.24, 2.45) is 0 Å². The molecule has 0 radical (unpaired) electrons. The van der Waals surface area contributed by atoms with Gasteiger partial charge in [-0.25, -0.2) is 0 Å². The van der Waals surface area contributed by atoms with E-state index in [1.807, 2.05) is 41.8 Å². The molecule has 1 N–H and O–H groups in total. The van der Waals surface area contributed by atoms with Crippen LogP contribution in [-0.4, -0.2) is 36.4 Å². The van der Waals surface area contributed by atoms with Crippen molar-refractivity contribution in [1.82, 2.24) is 4.90 Å². The standard InChI is InChI=1S/C23H20N2O4S/c1-28-20-12-15-14-6-2-3-8-18(14)29-19(15)13-16(20)24-22(26)17-7-4-10-25(17)23(27)21-9-5-11-30-21/h2-3,5-6,8-9,11-13,17H,4,7,10H2,1H3,(H,24,26)/t17-/m1/s1. The fourth-order valence-electron chi connectivity index (χ4n) is 4.06. The largest absolute Gasteiger partial charge is 0.495 e. The molecule has 1 aliphatic heterocycles. The maximum atomic E-state index is 13.1. The Labute approximate surface area is 177 Å². The highest BCUT2D eigenvalue weighted by molar-refractivity contribution is 7.12. The van der Waals surface area contributed by atoms with Crippen LogP contribution >= 0.6 is 11.3 Å². The van der Waals surface area contributed by atoms with Gasteiger partial charge in [-0.05, 0) is 36.4 Å². The third-order valence-corrected chi connectivity index (χ3v) is 6.36. The number of ether oxygens (including phenoxy) is 1. The van der Waals surface area contributed by atoms with E-state index in [-0.39, 0.29) is 11.8 Å². The van der Waals surface area contributed by atoms with Gasteiger partial charge in [0.05, 0.1) is 17.7 Å². The van der Waals surface area contributed by atoms with E-state index in [0.29, 0.717) is 34.9 Å². The third kappa shape index (κ3) is 3.11. The zero-order valence-corrected chi connectivity index (χ0v) is 17.2. The first-order valence-electron chi connectivity index (χ1n) is 9.80. The summed E-state index contributed by atoms with van der Waals surface area (Å²) in [4.78, 5) is 28.2. The number of nitrogens with zero attached hydrogens (tertiary/aromatic N) is 1. The smallest absolute Gasteiger partial charge is 0.264 e. The fraction of sp³-hybridized carbons (Fsp3) is 0.217. The van der Waals surface area contributed by atoms with E-state index in [1.165, 1.54) is 11.3 Å². The number of likely N-dealkylation sites (tertiary alicyclic amines) is 1. The van der Waals surface area contributed by atoms with Gasteiger partial charge in [-0.15, -0.1) is 11.3 Å². The number of methoxy groups -OCH3 is 1. The summed E-state index contributed by atoms with van der Waals surface area (Å²) in [7, 11) is 1.57. The number of para-hydroxylation sites is 1. The first kappa shape index (κ1) is 18.7. The number of rotatable bonds is 4. The maximum Gasteiger partial charge on any atom is 0.264 e. The lowest BCUT2D eigenvalue weighted by atomic mass is 10.1. The molecule has 4 aromatic rings. The Morgan fingerprint density at radius 3 is 2.80 bits per heavy atom. The van der Waals surface area contributed by atoms with Crippen LogP contribution in [0.4, 0.5) is 5.69 Å². The Balaban J connectivity index is 1.45. The van der Waals surface area contributed by atoms with E-state index < -0.39 is 6.04 Å². The normalized spacial score (nSPS) is 16.3. The number of thiophene rings is 1. The van der Waals surface area contributed by atoms with Gasteiger partial charge in [0.1, 0.15) is 23.0 Å². The van der Waals surface area contributed by atoms with Crippen molar-refractivity contribution < 1.29 is 18.7 Å². The molecule has 0 aliphatic carbocycles.